The van der Waals surface area contributed by atoms with Crippen molar-refractivity contribution in [3.63, 3.8) is 0 Å². The van der Waals surface area contributed by atoms with Crippen molar-refractivity contribution >= 4 is 10.9 Å². The van der Waals surface area contributed by atoms with Crippen LogP contribution in [0.25, 0.3) is 10.9 Å². The zero-order valence-corrected chi connectivity index (χ0v) is 22.3. The van der Waals surface area contributed by atoms with E-state index in [9.17, 15) is 9.18 Å². The molecule has 39 heavy (non-hydrogen) atoms. The summed E-state index contributed by atoms with van der Waals surface area (Å²) >= 11 is 0. The van der Waals surface area contributed by atoms with Gasteiger partial charge in [-0.15, -0.1) is 5.10 Å². The highest BCUT2D eigenvalue weighted by molar-refractivity contribution is 5.79. The Morgan fingerprint density at radius 1 is 1.00 bits per heavy atom. The van der Waals surface area contributed by atoms with Crippen molar-refractivity contribution in [3.05, 3.63) is 117 Å². The number of tetrazole rings is 1. The van der Waals surface area contributed by atoms with E-state index in [0.29, 0.717) is 37.4 Å². The van der Waals surface area contributed by atoms with E-state index in [4.69, 9.17) is 4.74 Å². The summed E-state index contributed by atoms with van der Waals surface area (Å²) in [4.78, 5) is 18.4. The van der Waals surface area contributed by atoms with Crippen molar-refractivity contribution in [2.24, 2.45) is 0 Å². The van der Waals surface area contributed by atoms with Gasteiger partial charge in [-0.05, 0) is 82.2 Å². The number of ether oxygens (including phenoxy) is 1. The average molecular weight is 527 g/mol. The standard InChI is InChI=1S/C30H31FN6O2/c1-4-28(29-33-34-35-37(29)18-22-6-11-25(31)12-7-22)36(17-21-8-13-26(39-3)14-9-21)19-24-16-23-10-5-20(2)15-27(23)32-30(24)38/h5-16,28H,4,17-19H2,1-3H3,(H,32,38). The number of aryl methyl sites for hydroxylation is 1. The Balaban J connectivity index is 1.51. The number of nitrogens with one attached hydrogen (secondary N) is 1. The van der Waals surface area contributed by atoms with Gasteiger partial charge >= 0.3 is 0 Å². The van der Waals surface area contributed by atoms with E-state index in [0.717, 1.165) is 33.3 Å². The second-order valence-electron chi connectivity index (χ2n) is 9.71. The molecule has 5 rings (SSSR count). The third-order valence-electron chi connectivity index (χ3n) is 6.93. The number of hydrogen-bond donors (Lipinski definition) is 1. The van der Waals surface area contributed by atoms with E-state index in [1.807, 2.05) is 55.5 Å². The number of aromatic amines is 1. The van der Waals surface area contributed by atoms with Gasteiger partial charge in [-0.2, -0.15) is 0 Å². The van der Waals surface area contributed by atoms with Gasteiger partial charge in [0.2, 0.25) is 0 Å². The molecule has 0 saturated heterocycles. The lowest BCUT2D eigenvalue weighted by Crippen LogP contribution is -2.32. The molecular formula is C30H31FN6O2. The highest BCUT2D eigenvalue weighted by Crippen LogP contribution is 2.27. The molecule has 2 aromatic heterocycles. The van der Waals surface area contributed by atoms with E-state index < -0.39 is 0 Å². The topological polar surface area (TPSA) is 88.9 Å². The van der Waals surface area contributed by atoms with Gasteiger partial charge in [0.1, 0.15) is 11.6 Å². The zero-order valence-electron chi connectivity index (χ0n) is 22.3. The van der Waals surface area contributed by atoms with Crippen LogP contribution in [-0.2, 0) is 19.6 Å². The molecule has 9 heteroatoms. The summed E-state index contributed by atoms with van der Waals surface area (Å²) in [5.74, 6) is 1.17. The zero-order chi connectivity index (χ0) is 27.4. The molecule has 3 aromatic carbocycles. The number of fused-ring (bicyclic) bond motifs is 1. The highest BCUT2D eigenvalue weighted by Gasteiger charge is 2.26. The molecule has 0 aliphatic rings. The minimum atomic E-state index is -0.288. The number of halogens is 1. The molecule has 1 atom stereocenters. The predicted molar refractivity (Wildman–Crippen MR) is 148 cm³/mol. The summed E-state index contributed by atoms with van der Waals surface area (Å²) < 4.78 is 20.5. The fourth-order valence-electron chi connectivity index (χ4n) is 4.87. The SMILES string of the molecule is CCC(c1nnnn1Cc1ccc(F)cc1)N(Cc1ccc(OC)cc1)Cc1cc2ccc(C)cc2[nH]c1=O. The number of methoxy groups -OCH3 is 1. The maximum absolute atomic E-state index is 13.5. The van der Waals surface area contributed by atoms with Gasteiger partial charge < -0.3 is 9.72 Å². The highest BCUT2D eigenvalue weighted by atomic mass is 19.1. The van der Waals surface area contributed by atoms with Crippen molar-refractivity contribution in [1.29, 1.82) is 0 Å². The average Bonchev–Trinajstić information content (AvgIpc) is 3.39. The van der Waals surface area contributed by atoms with E-state index in [1.165, 1.54) is 12.1 Å². The Hall–Kier alpha value is -4.37. The Morgan fingerprint density at radius 3 is 2.46 bits per heavy atom. The summed E-state index contributed by atoms with van der Waals surface area (Å²) in [7, 11) is 1.64. The molecule has 0 saturated carbocycles. The van der Waals surface area contributed by atoms with Crippen molar-refractivity contribution in [1.82, 2.24) is 30.1 Å². The maximum atomic E-state index is 13.5. The van der Waals surface area contributed by atoms with Gasteiger partial charge in [0.25, 0.3) is 5.56 Å². The quantitative estimate of drug-likeness (QED) is 0.270. The summed E-state index contributed by atoms with van der Waals surface area (Å²) in [5, 5.41) is 13.6. The first-order valence-electron chi connectivity index (χ1n) is 12.9. The van der Waals surface area contributed by atoms with Crippen LogP contribution in [0.15, 0.2) is 77.6 Å². The fraction of sp³-hybridized carbons (Fsp3) is 0.267. The van der Waals surface area contributed by atoms with Crippen LogP contribution in [-0.4, -0.2) is 37.2 Å². The lowest BCUT2D eigenvalue weighted by molar-refractivity contribution is 0.161. The van der Waals surface area contributed by atoms with Crippen molar-refractivity contribution < 1.29 is 9.13 Å². The van der Waals surface area contributed by atoms with Gasteiger partial charge in [-0.1, -0.05) is 43.3 Å². The lowest BCUT2D eigenvalue weighted by Gasteiger charge is -2.30. The molecular weight excluding hydrogens is 495 g/mol. The Bertz CT molecular complexity index is 1610. The van der Waals surface area contributed by atoms with Gasteiger partial charge in [0.05, 0.1) is 19.7 Å². The van der Waals surface area contributed by atoms with E-state index in [2.05, 4.69) is 32.3 Å². The predicted octanol–water partition coefficient (Wildman–Crippen LogP) is 5.17. The molecule has 0 spiro atoms. The Labute approximate surface area is 226 Å². The molecule has 1 N–H and O–H groups in total. The summed E-state index contributed by atoms with van der Waals surface area (Å²) in [6, 6.07) is 22.0. The minimum absolute atomic E-state index is 0.117. The van der Waals surface area contributed by atoms with Crippen LogP contribution in [0.4, 0.5) is 4.39 Å². The van der Waals surface area contributed by atoms with Crippen LogP contribution in [0.1, 0.15) is 47.5 Å². The number of hydrogen-bond acceptors (Lipinski definition) is 6. The normalized spacial score (nSPS) is 12.2. The summed E-state index contributed by atoms with van der Waals surface area (Å²) in [6.45, 7) is 5.45. The first-order valence-corrected chi connectivity index (χ1v) is 12.9. The second kappa shape index (κ2) is 11.6. The minimum Gasteiger partial charge on any atom is -0.497 e. The molecule has 0 aliphatic carbocycles. The molecule has 8 nitrogen and oxygen atoms in total. The number of pyridine rings is 1. The second-order valence-corrected chi connectivity index (χ2v) is 9.71. The molecule has 0 amide bonds. The number of H-pyrrole nitrogens is 1. The first kappa shape index (κ1) is 26.2. The number of nitrogens with zero attached hydrogens (tertiary/aromatic N) is 5. The van der Waals surface area contributed by atoms with Gasteiger partial charge in [0, 0.05) is 24.2 Å². The van der Waals surface area contributed by atoms with E-state index >= 15 is 0 Å². The van der Waals surface area contributed by atoms with E-state index in [1.54, 1.807) is 23.9 Å². The molecule has 5 aromatic rings. The molecule has 2 heterocycles. The van der Waals surface area contributed by atoms with Crippen molar-refractivity contribution in [2.45, 2.75) is 45.9 Å². The third kappa shape index (κ3) is 6.04. The molecule has 200 valence electrons. The van der Waals surface area contributed by atoms with Gasteiger partial charge in [-0.3, -0.25) is 9.69 Å². The van der Waals surface area contributed by atoms with Gasteiger partial charge in [-0.25, -0.2) is 9.07 Å². The van der Waals surface area contributed by atoms with Crippen LogP contribution in [0.2, 0.25) is 0 Å². The number of aromatic nitrogens is 5. The smallest absolute Gasteiger partial charge is 0.252 e. The van der Waals surface area contributed by atoms with Crippen LogP contribution in [0, 0.1) is 12.7 Å². The largest absolute Gasteiger partial charge is 0.497 e. The Morgan fingerprint density at radius 2 is 1.74 bits per heavy atom. The van der Waals surface area contributed by atoms with Crippen LogP contribution < -0.4 is 10.3 Å². The van der Waals surface area contributed by atoms with Crippen molar-refractivity contribution in [3.8, 4) is 5.75 Å². The molecule has 0 fully saturated rings. The molecule has 1 unspecified atom stereocenters. The molecule has 0 bridgehead atoms. The molecule has 0 aliphatic heterocycles. The third-order valence-corrected chi connectivity index (χ3v) is 6.93. The maximum Gasteiger partial charge on any atom is 0.252 e. The molecule has 0 radical (unpaired) electrons. The first-order chi connectivity index (χ1) is 18.9. The number of benzene rings is 3. The van der Waals surface area contributed by atoms with Crippen LogP contribution >= 0.6 is 0 Å². The van der Waals surface area contributed by atoms with Crippen molar-refractivity contribution in [2.75, 3.05) is 7.11 Å². The summed E-state index contributed by atoms with van der Waals surface area (Å²) in [6.07, 6.45) is 0.713. The van der Waals surface area contributed by atoms with Gasteiger partial charge in [0.15, 0.2) is 5.82 Å². The number of rotatable bonds is 10. The fourth-order valence-corrected chi connectivity index (χ4v) is 4.87. The van der Waals surface area contributed by atoms with Crippen LogP contribution in [0.3, 0.4) is 0 Å². The monoisotopic (exact) mass is 526 g/mol. The van der Waals surface area contributed by atoms with E-state index in [-0.39, 0.29) is 17.4 Å². The lowest BCUT2D eigenvalue weighted by atomic mass is 10.1. The van der Waals surface area contributed by atoms with Crippen LogP contribution in [0.5, 0.6) is 5.75 Å². The Kier molecular flexibility index (Phi) is 7.79. The summed E-state index contributed by atoms with van der Waals surface area (Å²) in [5.41, 5.74) is 4.42.